The number of nitrogens with zero attached hydrogens (tertiary/aromatic N) is 1. The monoisotopic (exact) mass is 247 g/mol. The largest absolute Gasteiger partial charge is 0.466 e. The van der Waals surface area contributed by atoms with E-state index in [1.165, 1.54) is 5.56 Å². The van der Waals surface area contributed by atoms with Crippen LogP contribution in [0.25, 0.3) is 0 Å². The number of benzene rings is 1. The van der Waals surface area contributed by atoms with E-state index in [1.807, 2.05) is 24.3 Å². The molecule has 1 heterocycles. The number of hydrogen-bond acceptors (Lipinski definition) is 3. The zero-order valence-corrected chi connectivity index (χ0v) is 10.5. The lowest BCUT2D eigenvalue weighted by Crippen LogP contribution is -2.29. The van der Waals surface area contributed by atoms with Crippen LogP contribution < -0.4 is 4.90 Å². The van der Waals surface area contributed by atoms with Crippen LogP contribution in [0.3, 0.4) is 0 Å². The minimum absolute atomic E-state index is 0.00648. The number of carbonyl (C=O) groups is 2. The lowest BCUT2D eigenvalue weighted by atomic mass is 10.2. The summed E-state index contributed by atoms with van der Waals surface area (Å²) >= 11 is 0. The minimum atomic E-state index is -0.307. The van der Waals surface area contributed by atoms with E-state index in [9.17, 15) is 9.59 Å². The standard InChI is InChI=1S/C14H17NO3/c1-2-18-14(17)8-7-13(16)15-10-9-11-5-3-4-6-12(11)15/h3-6H,2,7-10H2,1H3. The highest BCUT2D eigenvalue weighted by molar-refractivity contribution is 5.96. The first kappa shape index (κ1) is 12.6. The van der Waals surface area contributed by atoms with E-state index in [0.29, 0.717) is 13.2 Å². The molecular weight excluding hydrogens is 230 g/mol. The number of amides is 1. The van der Waals surface area contributed by atoms with Crippen LogP contribution in [0.15, 0.2) is 24.3 Å². The zero-order chi connectivity index (χ0) is 13.0. The summed E-state index contributed by atoms with van der Waals surface area (Å²) in [5, 5.41) is 0. The van der Waals surface area contributed by atoms with Crippen molar-refractivity contribution in [3.63, 3.8) is 0 Å². The minimum Gasteiger partial charge on any atom is -0.466 e. The number of rotatable bonds is 4. The molecule has 0 N–H and O–H groups in total. The van der Waals surface area contributed by atoms with Gasteiger partial charge in [0.15, 0.2) is 0 Å². The van der Waals surface area contributed by atoms with Crippen molar-refractivity contribution in [3.8, 4) is 0 Å². The molecule has 4 heteroatoms. The van der Waals surface area contributed by atoms with Crippen molar-refractivity contribution in [2.75, 3.05) is 18.1 Å². The quantitative estimate of drug-likeness (QED) is 0.764. The Morgan fingerprint density at radius 3 is 2.83 bits per heavy atom. The van der Waals surface area contributed by atoms with Crippen LogP contribution in [0, 0.1) is 0 Å². The van der Waals surface area contributed by atoms with Gasteiger partial charge in [-0.05, 0) is 25.0 Å². The fourth-order valence-corrected chi connectivity index (χ4v) is 2.17. The molecule has 0 spiro atoms. The molecule has 0 saturated carbocycles. The Balaban J connectivity index is 1.93. The fraction of sp³-hybridized carbons (Fsp3) is 0.429. The second kappa shape index (κ2) is 5.67. The van der Waals surface area contributed by atoms with Gasteiger partial charge in [0, 0.05) is 18.7 Å². The molecular formula is C14H17NO3. The van der Waals surface area contributed by atoms with Crippen LogP contribution in [0.4, 0.5) is 5.69 Å². The summed E-state index contributed by atoms with van der Waals surface area (Å²) in [5.41, 5.74) is 2.17. The first-order chi connectivity index (χ1) is 8.72. The number of para-hydroxylation sites is 1. The van der Waals surface area contributed by atoms with Gasteiger partial charge in [0.2, 0.25) is 5.91 Å². The summed E-state index contributed by atoms with van der Waals surface area (Å²) in [4.78, 5) is 25.0. The van der Waals surface area contributed by atoms with Gasteiger partial charge < -0.3 is 9.64 Å². The van der Waals surface area contributed by atoms with Crippen molar-refractivity contribution < 1.29 is 14.3 Å². The Labute approximate surface area is 107 Å². The number of fused-ring (bicyclic) bond motifs is 1. The van der Waals surface area contributed by atoms with Crippen molar-refractivity contribution in [3.05, 3.63) is 29.8 Å². The molecule has 0 radical (unpaired) electrons. The first-order valence-electron chi connectivity index (χ1n) is 6.26. The van der Waals surface area contributed by atoms with Crippen LogP contribution in [0.5, 0.6) is 0 Å². The van der Waals surface area contributed by atoms with Gasteiger partial charge in [0.05, 0.1) is 13.0 Å². The van der Waals surface area contributed by atoms with E-state index < -0.39 is 0 Å². The van der Waals surface area contributed by atoms with Crippen LogP contribution >= 0.6 is 0 Å². The molecule has 0 saturated heterocycles. The van der Waals surface area contributed by atoms with Gasteiger partial charge in [-0.15, -0.1) is 0 Å². The second-order valence-electron chi connectivity index (χ2n) is 4.23. The summed E-state index contributed by atoms with van der Waals surface area (Å²) in [6.07, 6.45) is 1.26. The third-order valence-electron chi connectivity index (χ3n) is 3.04. The Morgan fingerprint density at radius 2 is 2.06 bits per heavy atom. The molecule has 1 aliphatic rings. The van der Waals surface area contributed by atoms with Crippen LogP contribution in [-0.4, -0.2) is 25.0 Å². The van der Waals surface area contributed by atoms with Gasteiger partial charge in [0.1, 0.15) is 0 Å². The molecule has 4 nitrogen and oxygen atoms in total. The van der Waals surface area contributed by atoms with Crippen molar-refractivity contribution in [1.82, 2.24) is 0 Å². The lowest BCUT2D eigenvalue weighted by Gasteiger charge is -2.16. The van der Waals surface area contributed by atoms with Crippen LogP contribution in [0.1, 0.15) is 25.3 Å². The van der Waals surface area contributed by atoms with Gasteiger partial charge in [0.25, 0.3) is 0 Å². The molecule has 0 atom stereocenters. The molecule has 2 rings (SSSR count). The highest BCUT2D eigenvalue weighted by Crippen LogP contribution is 2.27. The summed E-state index contributed by atoms with van der Waals surface area (Å²) in [6, 6.07) is 7.89. The highest BCUT2D eigenvalue weighted by atomic mass is 16.5. The first-order valence-corrected chi connectivity index (χ1v) is 6.26. The maximum Gasteiger partial charge on any atom is 0.306 e. The maximum atomic E-state index is 12.0. The Morgan fingerprint density at radius 1 is 1.28 bits per heavy atom. The number of esters is 1. The SMILES string of the molecule is CCOC(=O)CCC(=O)N1CCc2ccccc21. The van der Waals surface area contributed by atoms with Gasteiger partial charge in [-0.2, -0.15) is 0 Å². The molecule has 18 heavy (non-hydrogen) atoms. The van der Waals surface area contributed by atoms with Gasteiger partial charge in [-0.3, -0.25) is 9.59 Å². The van der Waals surface area contributed by atoms with Crippen molar-refractivity contribution >= 4 is 17.6 Å². The zero-order valence-electron chi connectivity index (χ0n) is 10.5. The summed E-state index contributed by atoms with van der Waals surface area (Å²) in [7, 11) is 0. The highest BCUT2D eigenvalue weighted by Gasteiger charge is 2.24. The summed E-state index contributed by atoms with van der Waals surface area (Å²) in [5.74, 6) is -0.314. The Bertz CT molecular complexity index is 456. The van der Waals surface area contributed by atoms with Crippen LogP contribution in [-0.2, 0) is 20.7 Å². The molecule has 0 unspecified atom stereocenters. The Kier molecular flexibility index (Phi) is 3.97. The third kappa shape index (κ3) is 2.70. The van der Waals surface area contributed by atoms with Gasteiger partial charge in [-0.25, -0.2) is 0 Å². The molecule has 0 aromatic heterocycles. The maximum absolute atomic E-state index is 12.0. The van der Waals surface area contributed by atoms with E-state index in [1.54, 1.807) is 11.8 Å². The number of carbonyl (C=O) groups excluding carboxylic acids is 2. The third-order valence-corrected chi connectivity index (χ3v) is 3.04. The van der Waals surface area contributed by atoms with Gasteiger partial charge in [-0.1, -0.05) is 18.2 Å². The van der Waals surface area contributed by atoms with E-state index >= 15 is 0 Å². The molecule has 1 aromatic rings. The molecule has 1 aromatic carbocycles. The van der Waals surface area contributed by atoms with E-state index in [-0.39, 0.29) is 24.7 Å². The molecule has 0 bridgehead atoms. The predicted molar refractivity (Wildman–Crippen MR) is 68.4 cm³/mol. The average Bonchev–Trinajstić information content (AvgIpc) is 2.80. The topological polar surface area (TPSA) is 46.6 Å². The van der Waals surface area contributed by atoms with Crippen LogP contribution in [0.2, 0.25) is 0 Å². The molecule has 1 aliphatic heterocycles. The summed E-state index contributed by atoms with van der Waals surface area (Å²) in [6.45, 7) is 2.83. The van der Waals surface area contributed by atoms with E-state index in [2.05, 4.69) is 0 Å². The van der Waals surface area contributed by atoms with Crippen molar-refractivity contribution in [2.24, 2.45) is 0 Å². The number of ether oxygens (including phenoxy) is 1. The summed E-state index contributed by atoms with van der Waals surface area (Å²) < 4.78 is 4.81. The average molecular weight is 247 g/mol. The number of hydrogen-bond donors (Lipinski definition) is 0. The number of anilines is 1. The Hall–Kier alpha value is -1.84. The molecule has 0 aliphatic carbocycles. The van der Waals surface area contributed by atoms with E-state index in [4.69, 9.17) is 4.74 Å². The fourth-order valence-electron chi connectivity index (χ4n) is 2.17. The van der Waals surface area contributed by atoms with E-state index in [0.717, 1.165) is 12.1 Å². The van der Waals surface area contributed by atoms with Gasteiger partial charge >= 0.3 is 5.97 Å². The lowest BCUT2D eigenvalue weighted by molar-refractivity contribution is -0.144. The van der Waals surface area contributed by atoms with Crippen molar-refractivity contribution in [2.45, 2.75) is 26.2 Å². The molecule has 0 fully saturated rings. The molecule has 96 valence electrons. The van der Waals surface area contributed by atoms with Crippen molar-refractivity contribution in [1.29, 1.82) is 0 Å². The second-order valence-corrected chi connectivity index (χ2v) is 4.23. The predicted octanol–water partition coefficient (Wildman–Crippen LogP) is 1.92. The smallest absolute Gasteiger partial charge is 0.306 e. The normalized spacial score (nSPS) is 13.3. The molecule has 1 amide bonds.